The molecule has 4 nitrogen and oxygen atoms in total. The molecule has 1 heterocycles. The van der Waals surface area contributed by atoms with Gasteiger partial charge in [0.1, 0.15) is 12.7 Å². The molecule has 2 aromatic rings. The van der Waals surface area contributed by atoms with E-state index >= 15 is 0 Å². The third-order valence-electron chi connectivity index (χ3n) is 4.18. The molecule has 0 amide bonds. The summed E-state index contributed by atoms with van der Waals surface area (Å²) in [5.74, 6) is 0.325. The van der Waals surface area contributed by atoms with Gasteiger partial charge in [0.15, 0.2) is 0 Å². The molecule has 0 aliphatic rings. The number of nitrogens with zero attached hydrogens (tertiary/aromatic N) is 3. The van der Waals surface area contributed by atoms with E-state index in [2.05, 4.69) is 17.0 Å². The highest BCUT2D eigenvalue weighted by molar-refractivity contribution is 6.34. The van der Waals surface area contributed by atoms with Crippen molar-refractivity contribution in [3.63, 3.8) is 0 Å². The van der Waals surface area contributed by atoms with Crippen LogP contribution in [0.3, 0.4) is 0 Å². The Morgan fingerprint density at radius 3 is 2.29 bits per heavy atom. The monoisotopic (exact) mass is 369 g/mol. The molecule has 24 heavy (non-hydrogen) atoms. The third-order valence-corrected chi connectivity index (χ3v) is 4.61. The van der Waals surface area contributed by atoms with Crippen molar-refractivity contribution in [3.8, 4) is 0 Å². The fraction of sp³-hybridized carbons (Fsp3) is 0.556. The van der Waals surface area contributed by atoms with E-state index in [-0.39, 0.29) is 11.5 Å². The summed E-state index contributed by atoms with van der Waals surface area (Å²) in [7, 11) is 0. The van der Waals surface area contributed by atoms with Gasteiger partial charge < -0.3 is 5.11 Å². The molecule has 1 aromatic carbocycles. The third kappa shape index (κ3) is 5.20. The van der Waals surface area contributed by atoms with Crippen molar-refractivity contribution in [2.45, 2.75) is 52.7 Å². The van der Waals surface area contributed by atoms with E-state index in [1.165, 1.54) is 6.33 Å². The Morgan fingerprint density at radius 2 is 1.79 bits per heavy atom. The normalized spacial score (nSPS) is 16.0. The van der Waals surface area contributed by atoms with Crippen molar-refractivity contribution in [2.24, 2.45) is 11.3 Å². The zero-order valence-corrected chi connectivity index (χ0v) is 16.1. The summed E-state index contributed by atoms with van der Waals surface area (Å²) in [6.45, 7) is 8.25. The first kappa shape index (κ1) is 19.2. The Labute approximate surface area is 153 Å². The minimum Gasteiger partial charge on any atom is -0.390 e. The average Bonchev–Trinajstić information content (AvgIpc) is 2.95. The van der Waals surface area contributed by atoms with Crippen molar-refractivity contribution in [2.75, 3.05) is 0 Å². The van der Waals surface area contributed by atoms with Gasteiger partial charge >= 0.3 is 0 Å². The number of aromatic nitrogens is 3. The Kier molecular flexibility index (Phi) is 6.29. The lowest BCUT2D eigenvalue weighted by Gasteiger charge is -2.34. The number of halogens is 2. The van der Waals surface area contributed by atoms with Gasteiger partial charge in [-0.25, -0.2) is 9.67 Å². The number of aliphatic hydroxyl groups excluding tert-OH is 1. The summed E-state index contributed by atoms with van der Waals surface area (Å²) in [6.07, 6.45) is 4.27. The van der Waals surface area contributed by atoms with Gasteiger partial charge in [-0.15, -0.1) is 0 Å². The van der Waals surface area contributed by atoms with E-state index in [4.69, 9.17) is 23.2 Å². The van der Waals surface area contributed by atoms with Crippen LogP contribution >= 0.6 is 23.2 Å². The molecule has 3 unspecified atom stereocenters. The fourth-order valence-corrected chi connectivity index (χ4v) is 3.55. The second-order valence-corrected chi connectivity index (χ2v) is 8.45. The van der Waals surface area contributed by atoms with E-state index in [1.54, 1.807) is 17.1 Å². The highest BCUT2D eigenvalue weighted by Crippen LogP contribution is 2.33. The number of aliphatic hydroxyl groups is 1. The summed E-state index contributed by atoms with van der Waals surface area (Å²) < 4.78 is 1.76. The molecule has 0 bridgehead atoms. The standard InChI is InChI=1S/C18H25Cl2N3O/c1-12(5-13-7-14(19)9-15(20)8-13)6-16(17(24)18(2,3)4)23-11-21-10-22-23/h7-12,16-17,24H,5-6H2,1-4H3. The summed E-state index contributed by atoms with van der Waals surface area (Å²) in [6, 6.07) is 5.49. The second-order valence-electron chi connectivity index (χ2n) is 7.58. The van der Waals surface area contributed by atoms with Gasteiger partial charge in [0.25, 0.3) is 0 Å². The molecule has 0 saturated heterocycles. The lowest BCUT2D eigenvalue weighted by molar-refractivity contribution is 0.00439. The van der Waals surface area contributed by atoms with Crippen molar-refractivity contribution in [1.82, 2.24) is 14.8 Å². The van der Waals surface area contributed by atoms with Crippen LogP contribution in [-0.4, -0.2) is 26.0 Å². The van der Waals surface area contributed by atoms with E-state index in [0.717, 1.165) is 18.4 Å². The Balaban J connectivity index is 2.14. The van der Waals surface area contributed by atoms with Crippen LogP contribution in [0.15, 0.2) is 30.9 Å². The zero-order chi connectivity index (χ0) is 17.9. The topological polar surface area (TPSA) is 50.9 Å². The van der Waals surface area contributed by atoms with E-state index in [9.17, 15) is 5.11 Å². The largest absolute Gasteiger partial charge is 0.390 e. The zero-order valence-electron chi connectivity index (χ0n) is 14.6. The van der Waals surface area contributed by atoms with Crippen molar-refractivity contribution in [1.29, 1.82) is 0 Å². The first-order valence-corrected chi connectivity index (χ1v) is 8.89. The molecular weight excluding hydrogens is 345 g/mol. The van der Waals surface area contributed by atoms with Crippen LogP contribution in [-0.2, 0) is 6.42 Å². The lowest BCUT2D eigenvalue weighted by atomic mass is 9.81. The van der Waals surface area contributed by atoms with E-state index in [1.807, 2.05) is 32.9 Å². The molecule has 1 N–H and O–H groups in total. The molecular formula is C18H25Cl2N3O. The van der Waals surface area contributed by atoms with E-state index < -0.39 is 6.10 Å². The minimum absolute atomic E-state index is 0.128. The van der Waals surface area contributed by atoms with Gasteiger partial charge in [0.05, 0.1) is 12.1 Å². The molecule has 0 saturated carbocycles. The Hall–Kier alpha value is -1.10. The maximum Gasteiger partial charge on any atom is 0.137 e. The summed E-state index contributed by atoms with van der Waals surface area (Å²) in [4.78, 5) is 4.03. The molecule has 6 heteroatoms. The van der Waals surface area contributed by atoms with Gasteiger partial charge in [-0.3, -0.25) is 0 Å². The van der Waals surface area contributed by atoms with Crippen LogP contribution in [0.1, 0.15) is 45.7 Å². The van der Waals surface area contributed by atoms with Gasteiger partial charge in [0, 0.05) is 10.0 Å². The quantitative estimate of drug-likeness (QED) is 0.795. The summed E-state index contributed by atoms with van der Waals surface area (Å²) in [5.41, 5.74) is 0.859. The second kappa shape index (κ2) is 7.85. The molecule has 0 aliphatic carbocycles. The highest BCUT2D eigenvalue weighted by atomic mass is 35.5. The predicted octanol–water partition coefficient (Wildman–Crippen LogP) is 4.80. The highest BCUT2D eigenvalue weighted by Gasteiger charge is 2.33. The first-order chi connectivity index (χ1) is 11.2. The van der Waals surface area contributed by atoms with E-state index in [0.29, 0.717) is 16.0 Å². The number of hydrogen-bond acceptors (Lipinski definition) is 3. The van der Waals surface area contributed by atoms with Crippen molar-refractivity contribution < 1.29 is 5.11 Å². The minimum atomic E-state index is -0.524. The van der Waals surface area contributed by atoms with Gasteiger partial charge in [-0.1, -0.05) is 50.9 Å². The SMILES string of the molecule is CC(Cc1cc(Cl)cc(Cl)c1)CC(C(O)C(C)(C)C)n1cncn1. The number of benzene rings is 1. The predicted molar refractivity (Wildman–Crippen MR) is 98.5 cm³/mol. The maximum absolute atomic E-state index is 10.8. The molecule has 3 atom stereocenters. The maximum atomic E-state index is 10.8. The number of rotatable bonds is 6. The van der Waals surface area contributed by atoms with Gasteiger partial charge in [0.2, 0.25) is 0 Å². The molecule has 0 radical (unpaired) electrons. The average molecular weight is 370 g/mol. The van der Waals surface area contributed by atoms with Crippen molar-refractivity contribution >= 4 is 23.2 Å². The molecule has 0 spiro atoms. The molecule has 1 aromatic heterocycles. The molecule has 0 fully saturated rings. The molecule has 0 aliphatic heterocycles. The van der Waals surface area contributed by atoms with Crippen LogP contribution in [0.25, 0.3) is 0 Å². The summed E-state index contributed by atoms with van der Waals surface area (Å²) in [5, 5.41) is 16.3. The van der Waals surface area contributed by atoms with Gasteiger partial charge in [-0.2, -0.15) is 5.10 Å². The van der Waals surface area contributed by atoms with Crippen LogP contribution in [0.4, 0.5) is 0 Å². The van der Waals surface area contributed by atoms with Crippen LogP contribution < -0.4 is 0 Å². The lowest BCUT2D eigenvalue weighted by Crippen LogP contribution is -2.36. The van der Waals surface area contributed by atoms with Gasteiger partial charge in [-0.05, 0) is 47.9 Å². The molecule has 132 valence electrons. The van der Waals surface area contributed by atoms with Crippen LogP contribution in [0, 0.1) is 11.3 Å². The van der Waals surface area contributed by atoms with Crippen LogP contribution in [0.2, 0.25) is 10.0 Å². The smallest absolute Gasteiger partial charge is 0.137 e. The van der Waals surface area contributed by atoms with Crippen molar-refractivity contribution in [3.05, 3.63) is 46.5 Å². The molecule has 2 rings (SSSR count). The summed E-state index contributed by atoms with van der Waals surface area (Å²) >= 11 is 12.2. The number of hydrogen-bond donors (Lipinski definition) is 1. The fourth-order valence-electron chi connectivity index (χ4n) is 2.97. The first-order valence-electron chi connectivity index (χ1n) is 8.14. The van der Waals surface area contributed by atoms with Crippen LogP contribution in [0.5, 0.6) is 0 Å². The Morgan fingerprint density at radius 1 is 1.17 bits per heavy atom. The Bertz CT molecular complexity index is 633.